The van der Waals surface area contributed by atoms with Gasteiger partial charge in [-0.05, 0) is 37.3 Å². The summed E-state index contributed by atoms with van der Waals surface area (Å²) in [5, 5.41) is 6.34. The van der Waals surface area contributed by atoms with E-state index in [1.165, 1.54) is 7.05 Å². The molecule has 0 fully saturated rings. The molecule has 10 nitrogen and oxygen atoms in total. The van der Waals surface area contributed by atoms with Crippen molar-refractivity contribution in [2.45, 2.75) is 13.3 Å². The number of benzene rings is 1. The van der Waals surface area contributed by atoms with Gasteiger partial charge in [0.1, 0.15) is 11.6 Å². The summed E-state index contributed by atoms with van der Waals surface area (Å²) < 4.78 is 25.6. The van der Waals surface area contributed by atoms with Crippen LogP contribution in [0.15, 0.2) is 54.9 Å². The van der Waals surface area contributed by atoms with E-state index in [4.69, 9.17) is 11.3 Å². The van der Waals surface area contributed by atoms with Crippen molar-refractivity contribution in [3.8, 4) is 12.3 Å². The number of carbonyl (C=O) groups is 1. The Morgan fingerprint density at radius 2 is 1.91 bits per heavy atom. The van der Waals surface area contributed by atoms with E-state index >= 15 is 0 Å². The first-order valence-electron chi connectivity index (χ1n) is 10.6. The smallest absolute Gasteiger partial charge is 0.248 e. The molecule has 0 saturated carbocycles. The summed E-state index contributed by atoms with van der Waals surface area (Å²) in [4.78, 5) is 25.9. The number of rotatable bonds is 10. The van der Waals surface area contributed by atoms with Gasteiger partial charge in [-0.15, -0.1) is 6.42 Å². The minimum absolute atomic E-state index is 0.0289. The zero-order valence-electron chi connectivity index (χ0n) is 19.6. The van der Waals surface area contributed by atoms with E-state index in [0.717, 1.165) is 10.6 Å². The number of anilines is 5. The van der Waals surface area contributed by atoms with E-state index in [1.54, 1.807) is 55.7 Å². The number of pyridine rings is 2. The predicted molar refractivity (Wildman–Crippen MR) is 136 cm³/mol. The molecule has 0 aliphatic heterocycles. The van der Waals surface area contributed by atoms with Gasteiger partial charge in [-0.25, -0.2) is 23.9 Å². The van der Waals surface area contributed by atoms with Crippen LogP contribution in [0.3, 0.4) is 0 Å². The molecular formula is C24H26N6O4S. The van der Waals surface area contributed by atoms with Crippen LogP contribution in [0, 0.1) is 12.3 Å². The van der Waals surface area contributed by atoms with Gasteiger partial charge in [0, 0.05) is 42.3 Å². The maximum atomic E-state index is 12.3. The zero-order valence-corrected chi connectivity index (χ0v) is 20.4. The second-order valence-corrected chi connectivity index (χ2v) is 9.45. The third-order valence-corrected chi connectivity index (χ3v) is 6.05. The molecule has 0 radical (unpaired) electrons. The molecule has 2 aromatic heterocycles. The highest BCUT2D eigenvalue weighted by atomic mass is 32.2. The summed E-state index contributed by atoms with van der Waals surface area (Å²) in [5.41, 5.74) is 4.79. The van der Waals surface area contributed by atoms with Crippen LogP contribution in [-0.2, 0) is 26.1 Å². The highest BCUT2D eigenvalue weighted by Crippen LogP contribution is 2.33. The summed E-state index contributed by atoms with van der Waals surface area (Å²) in [6, 6.07) is 12.1. The van der Waals surface area contributed by atoms with Gasteiger partial charge in [0.15, 0.2) is 0 Å². The van der Waals surface area contributed by atoms with Gasteiger partial charge in [0.25, 0.3) is 0 Å². The summed E-state index contributed by atoms with van der Waals surface area (Å²) in [7, 11) is -2.14. The quantitative estimate of drug-likeness (QED) is 0.290. The topological polar surface area (TPSA) is 126 Å². The lowest BCUT2D eigenvalue weighted by Crippen LogP contribution is -2.26. The Morgan fingerprint density at radius 3 is 2.57 bits per heavy atom. The number of aromatic nitrogens is 2. The number of nitrogens with one attached hydrogen (secondary N) is 3. The molecule has 0 aliphatic rings. The Labute approximate surface area is 204 Å². The number of sulfonamides is 1. The maximum absolute atomic E-state index is 12.3. The minimum Gasteiger partial charge on any atom is -0.353 e. The molecule has 3 rings (SSSR count). The van der Waals surface area contributed by atoms with Crippen LogP contribution in [0.25, 0.3) is 0 Å². The Balaban J connectivity index is 2.03. The normalized spacial score (nSPS) is 10.8. The Kier molecular flexibility index (Phi) is 8.25. The molecule has 1 aromatic carbocycles. The van der Waals surface area contributed by atoms with Crippen molar-refractivity contribution in [1.82, 2.24) is 15.4 Å². The zero-order chi connectivity index (χ0) is 25.4. The van der Waals surface area contributed by atoms with Crippen LogP contribution < -0.4 is 20.4 Å². The van der Waals surface area contributed by atoms with Crippen LogP contribution in [0.1, 0.15) is 18.1 Å². The fourth-order valence-electron chi connectivity index (χ4n) is 3.05. The van der Waals surface area contributed by atoms with Crippen molar-refractivity contribution < 1.29 is 18.0 Å². The first kappa shape index (κ1) is 25.5. The lowest BCUT2D eigenvalue weighted by Gasteiger charge is -2.22. The second-order valence-electron chi connectivity index (χ2n) is 7.43. The van der Waals surface area contributed by atoms with Gasteiger partial charge in [-0.3, -0.25) is 13.9 Å². The monoisotopic (exact) mass is 494 g/mol. The molecular weight excluding hydrogens is 468 g/mol. The Hall–Kier alpha value is -4.14. The molecule has 2 heterocycles. The molecule has 0 atom stereocenters. The Bertz CT molecular complexity index is 1340. The van der Waals surface area contributed by atoms with Gasteiger partial charge in [0.2, 0.25) is 15.9 Å². The second kappa shape index (κ2) is 11.3. The van der Waals surface area contributed by atoms with Crippen LogP contribution >= 0.6 is 0 Å². The average Bonchev–Trinajstić information content (AvgIpc) is 2.84. The standard InChI is InChI=1S/C24H26N6O4S/c1-5-17-10-11-19(21(13-17)30(3)35(4,32)33)27-20-15-23(28-22-9-7-8-12-25-22)26-16-18(20)14-24(31)29-34-6-2/h1,7-13,15-16H,6,14H2,2-4H3,(H,29,31)(H2,25,26,27,28). The average molecular weight is 495 g/mol. The third-order valence-electron chi connectivity index (χ3n) is 4.86. The molecule has 0 saturated heterocycles. The lowest BCUT2D eigenvalue weighted by atomic mass is 10.1. The summed E-state index contributed by atoms with van der Waals surface area (Å²) >= 11 is 0. The first-order valence-corrected chi connectivity index (χ1v) is 12.4. The van der Waals surface area contributed by atoms with Gasteiger partial charge in [-0.1, -0.05) is 12.0 Å². The van der Waals surface area contributed by atoms with E-state index in [2.05, 4.69) is 32.0 Å². The Morgan fingerprint density at radius 1 is 1.11 bits per heavy atom. The van der Waals surface area contributed by atoms with Crippen LogP contribution in [-0.4, -0.2) is 44.2 Å². The van der Waals surface area contributed by atoms with Crippen molar-refractivity contribution in [2.24, 2.45) is 0 Å². The van der Waals surface area contributed by atoms with E-state index < -0.39 is 10.0 Å². The summed E-state index contributed by atoms with van der Waals surface area (Å²) in [6.07, 6.45) is 9.80. The molecule has 182 valence electrons. The molecule has 0 aliphatic carbocycles. The number of hydroxylamine groups is 1. The molecule has 3 N–H and O–H groups in total. The number of nitrogens with zero attached hydrogens (tertiary/aromatic N) is 3. The fourth-order valence-corrected chi connectivity index (χ4v) is 3.56. The lowest BCUT2D eigenvalue weighted by molar-refractivity contribution is -0.132. The van der Waals surface area contributed by atoms with Gasteiger partial charge >= 0.3 is 0 Å². The van der Waals surface area contributed by atoms with Gasteiger partial charge in [-0.2, -0.15) is 0 Å². The number of carbonyl (C=O) groups excluding carboxylic acids is 1. The number of hydrogen-bond acceptors (Lipinski definition) is 8. The van der Waals surface area contributed by atoms with Crippen molar-refractivity contribution in [3.63, 3.8) is 0 Å². The molecule has 0 spiro atoms. The highest BCUT2D eigenvalue weighted by molar-refractivity contribution is 7.92. The number of amides is 1. The number of hydrogen-bond donors (Lipinski definition) is 3. The molecule has 11 heteroatoms. The highest BCUT2D eigenvalue weighted by Gasteiger charge is 2.18. The summed E-state index contributed by atoms with van der Waals surface area (Å²) in [5.74, 6) is 3.21. The molecule has 35 heavy (non-hydrogen) atoms. The molecule has 1 amide bonds. The van der Waals surface area contributed by atoms with Gasteiger partial charge < -0.3 is 10.6 Å². The summed E-state index contributed by atoms with van der Waals surface area (Å²) in [6.45, 7) is 2.08. The van der Waals surface area contributed by atoms with Crippen LogP contribution in [0.5, 0.6) is 0 Å². The van der Waals surface area contributed by atoms with Crippen molar-refractivity contribution in [1.29, 1.82) is 0 Å². The van der Waals surface area contributed by atoms with E-state index in [0.29, 0.717) is 46.4 Å². The SMILES string of the molecule is C#Cc1ccc(Nc2cc(Nc3ccccn3)ncc2CC(=O)NOCC)c(N(C)S(C)(=O)=O)c1. The number of terminal acetylenes is 1. The van der Waals surface area contributed by atoms with E-state index in [-0.39, 0.29) is 12.3 Å². The van der Waals surface area contributed by atoms with Gasteiger partial charge in [0.05, 0.1) is 30.7 Å². The largest absolute Gasteiger partial charge is 0.353 e. The van der Waals surface area contributed by atoms with Crippen molar-refractivity contribution in [2.75, 3.05) is 34.8 Å². The molecule has 0 unspecified atom stereocenters. The molecule has 3 aromatic rings. The van der Waals surface area contributed by atoms with E-state index in [9.17, 15) is 13.2 Å². The van der Waals surface area contributed by atoms with Crippen molar-refractivity contribution in [3.05, 3.63) is 66.0 Å². The van der Waals surface area contributed by atoms with Crippen LogP contribution in [0.2, 0.25) is 0 Å². The first-order chi connectivity index (χ1) is 16.7. The fraction of sp³-hybridized carbons (Fsp3) is 0.208. The minimum atomic E-state index is -3.57. The van der Waals surface area contributed by atoms with Crippen LogP contribution in [0.4, 0.5) is 28.7 Å². The predicted octanol–water partition coefficient (Wildman–Crippen LogP) is 2.95. The van der Waals surface area contributed by atoms with E-state index in [1.807, 2.05) is 6.07 Å². The maximum Gasteiger partial charge on any atom is 0.248 e. The van der Waals surface area contributed by atoms with Crippen molar-refractivity contribution >= 4 is 44.6 Å². The molecule has 0 bridgehead atoms. The third kappa shape index (κ3) is 6.92.